The first-order valence-corrected chi connectivity index (χ1v) is 8.83. The van der Waals surface area contributed by atoms with Crippen LogP contribution >= 0.6 is 11.3 Å². The average Bonchev–Trinajstić information content (AvgIpc) is 2.92. The summed E-state index contributed by atoms with van der Waals surface area (Å²) in [7, 11) is 5.34. The second-order valence-corrected chi connectivity index (χ2v) is 7.14. The summed E-state index contributed by atoms with van der Waals surface area (Å²) in [5.74, 6) is 0.859. The maximum Gasteiger partial charge on any atom is 0.266 e. The van der Waals surface area contributed by atoms with Crippen LogP contribution < -0.4 is 15.6 Å². The number of ether oxygens (including phenoxy) is 1. The Labute approximate surface area is 154 Å². The Kier molecular flexibility index (Phi) is 5.06. The molecule has 2 aromatic heterocycles. The molecule has 0 atom stereocenters. The van der Waals surface area contributed by atoms with Crippen molar-refractivity contribution < 1.29 is 9.53 Å². The topological polar surface area (TPSA) is 87.3 Å². The number of carbonyl (C=O) groups excluding carboxylic acids is 1. The molecular formula is C18H20N4O3S. The number of anilines is 1. The van der Waals surface area contributed by atoms with E-state index in [9.17, 15) is 9.59 Å². The molecule has 0 spiro atoms. The summed E-state index contributed by atoms with van der Waals surface area (Å²) >= 11 is 1.22. The molecule has 2 heterocycles. The fraction of sp³-hybridized carbons (Fsp3) is 0.278. The van der Waals surface area contributed by atoms with E-state index in [1.54, 1.807) is 26.2 Å². The third kappa shape index (κ3) is 3.47. The van der Waals surface area contributed by atoms with Gasteiger partial charge in [-0.25, -0.2) is 4.98 Å². The summed E-state index contributed by atoms with van der Waals surface area (Å²) in [6.07, 6.45) is 0. The number of H-pyrrole nitrogens is 1. The van der Waals surface area contributed by atoms with E-state index in [2.05, 4.69) is 15.3 Å². The van der Waals surface area contributed by atoms with Crippen LogP contribution in [-0.2, 0) is 6.54 Å². The Hall–Kier alpha value is -2.71. The first-order chi connectivity index (χ1) is 12.4. The van der Waals surface area contributed by atoms with Gasteiger partial charge in [0.2, 0.25) is 0 Å². The first-order valence-electron chi connectivity index (χ1n) is 8.02. The number of hydrogen-bond donors (Lipinski definition) is 2. The quantitative estimate of drug-likeness (QED) is 0.719. The van der Waals surface area contributed by atoms with Crippen molar-refractivity contribution in [2.45, 2.75) is 13.5 Å². The Bertz CT molecular complexity index is 1020. The van der Waals surface area contributed by atoms with Crippen LogP contribution in [-0.4, -0.2) is 42.0 Å². The standard InChI is InChI=1S/C18H20N4O3S/c1-10-14-16(23)20-13(9-22(2)3)21-18(14)26-15(10)17(24)19-11-7-5-6-8-12(11)25-4/h5-8H,9H2,1-4H3,(H,19,24)(H,20,21,23). The molecule has 0 aliphatic heterocycles. The highest BCUT2D eigenvalue weighted by Crippen LogP contribution is 2.29. The summed E-state index contributed by atoms with van der Waals surface area (Å²) in [5, 5.41) is 3.30. The van der Waals surface area contributed by atoms with Crippen molar-refractivity contribution in [1.82, 2.24) is 14.9 Å². The predicted octanol–water partition coefficient (Wildman–Crippen LogP) is 2.62. The third-order valence-electron chi connectivity index (χ3n) is 3.88. The Morgan fingerprint density at radius 1 is 1.35 bits per heavy atom. The van der Waals surface area contributed by atoms with Crippen molar-refractivity contribution in [1.29, 1.82) is 0 Å². The number of thiophene rings is 1. The lowest BCUT2D eigenvalue weighted by molar-refractivity contribution is 0.102. The molecule has 136 valence electrons. The van der Waals surface area contributed by atoms with Crippen molar-refractivity contribution in [2.75, 3.05) is 26.5 Å². The lowest BCUT2D eigenvalue weighted by atomic mass is 10.2. The minimum Gasteiger partial charge on any atom is -0.495 e. The van der Waals surface area contributed by atoms with Gasteiger partial charge in [-0.15, -0.1) is 11.3 Å². The van der Waals surface area contributed by atoms with Gasteiger partial charge >= 0.3 is 0 Å². The smallest absolute Gasteiger partial charge is 0.266 e. The van der Waals surface area contributed by atoms with Crippen molar-refractivity contribution in [2.24, 2.45) is 0 Å². The monoisotopic (exact) mass is 372 g/mol. The number of amides is 1. The highest BCUT2D eigenvalue weighted by Gasteiger charge is 2.20. The van der Waals surface area contributed by atoms with Gasteiger partial charge in [-0.2, -0.15) is 0 Å². The number of hydrogen-bond acceptors (Lipinski definition) is 6. The Balaban J connectivity index is 1.99. The van der Waals surface area contributed by atoms with Gasteiger partial charge in [0, 0.05) is 0 Å². The average molecular weight is 372 g/mol. The molecule has 0 fully saturated rings. The lowest BCUT2D eigenvalue weighted by Gasteiger charge is -2.09. The fourth-order valence-electron chi connectivity index (χ4n) is 2.71. The molecule has 1 aromatic carbocycles. The van der Waals surface area contributed by atoms with Gasteiger partial charge in [0.1, 0.15) is 16.4 Å². The number of nitrogens with one attached hydrogen (secondary N) is 2. The van der Waals surface area contributed by atoms with Crippen LogP contribution in [0.25, 0.3) is 10.2 Å². The number of aromatic amines is 1. The summed E-state index contributed by atoms with van der Waals surface area (Å²) in [6, 6.07) is 7.18. The van der Waals surface area contributed by atoms with Gasteiger partial charge in [0.05, 0.1) is 29.6 Å². The second-order valence-electron chi connectivity index (χ2n) is 6.14. The first kappa shape index (κ1) is 18.1. The minimum atomic E-state index is -0.288. The maximum atomic E-state index is 12.7. The zero-order valence-electron chi connectivity index (χ0n) is 15.0. The van der Waals surface area contributed by atoms with E-state index in [1.807, 2.05) is 31.1 Å². The zero-order valence-corrected chi connectivity index (χ0v) is 15.9. The van der Waals surface area contributed by atoms with Gasteiger partial charge in [0.25, 0.3) is 11.5 Å². The van der Waals surface area contributed by atoms with E-state index >= 15 is 0 Å². The summed E-state index contributed by atoms with van der Waals surface area (Å²) < 4.78 is 5.26. The number of para-hydroxylation sites is 2. The molecule has 3 aromatic rings. The molecule has 0 unspecified atom stereocenters. The van der Waals surface area contributed by atoms with Crippen molar-refractivity contribution in [3.05, 3.63) is 50.9 Å². The van der Waals surface area contributed by atoms with Crippen LogP contribution in [0.15, 0.2) is 29.1 Å². The zero-order chi connectivity index (χ0) is 18.8. The fourth-order valence-corrected chi connectivity index (χ4v) is 3.80. The highest BCUT2D eigenvalue weighted by molar-refractivity contribution is 7.20. The van der Waals surface area contributed by atoms with Crippen LogP contribution in [0.5, 0.6) is 5.75 Å². The number of rotatable bonds is 5. The number of fused-ring (bicyclic) bond motifs is 1. The second kappa shape index (κ2) is 7.27. The summed E-state index contributed by atoms with van der Waals surface area (Å²) in [6.45, 7) is 2.28. The van der Waals surface area contributed by atoms with Crippen molar-refractivity contribution in [3.8, 4) is 5.75 Å². The number of aryl methyl sites for hydroxylation is 1. The number of aromatic nitrogens is 2. The van der Waals surface area contributed by atoms with Crippen LogP contribution in [0.4, 0.5) is 5.69 Å². The molecule has 0 bridgehead atoms. The van der Waals surface area contributed by atoms with E-state index in [0.717, 1.165) is 0 Å². The molecule has 2 N–H and O–H groups in total. The van der Waals surface area contributed by atoms with E-state index in [4.69, 9.17) is 4.74 Å². The number of carbonyl (C=O) groups is 1. The predicted molar refractivity (Wildman–Crippen MR) is 103 cm³/mol. The van der Waals surface area contributed by atoms with Crippen LogP contribution in [0.1, 0.15) is 21.1 Å². The molecule has 0 saturated carbocycles. The molecule has 3 rings (SSSR count). The number of benzene rings is 1. The van der Waals surface area contributed by atoms with E-state index < -0.39 is 0 Å². The van der Waals surface area contributed by atoms with Crippen molar-refractivity contribution in [3.63, 3.8) is 0 Å². The summed E-state index contributed by atoms with van der Waals surface area (Å²) in [5.41, 5.74) is 0.978. The molecule has 0 radical (unpaired) electrons. The largest absolute Gasteiger partial charge is 0.495 e. The van der Waals surface area contributed by atoms with Gasteiger partial charge in [-0.3, -0.25) is 9.59 Å². The highest BCUT2D eigenvalue weighted by atomic mass is 32.1. The summed E-state index contributed by atoms with van der Waals surface area (Å²) in [4.78, 5) is 35.4. The Morgan fingerprint density at radius 3 is 2.77 bits per heavy atom. The number of methoxy groups -OCH3 is 1. The van der Waals surface area contributed by atoms with Crippen LogP contribution in [0.2, 0.25) is 0 Å². The minimum absolute atomic E-state index is 0.225. The third-order valence-corrected chi connectivity index (χ3v) is 5.06. The van der Waals surface area contributed by atoms with Crippen LogP contribution in [0, 0.1) is 6.92 Å². The molecular weight excluding hydrogens is 352 g/mol. The van der Waals surface area contributed by atoms with Gasteiger partial charge in [0.15, 0.2) is 0 Å². The molecule has 0 saturated heterocycles. The molecule has 0 aliphatic rings. The molecule has 0 aliphatic carbocycles. The molecule has 1 amide bonds. The Morgan fingerprint density at radius 2 is 2.08 bits per heavy atom. The van der Waals surface area contributed by atoms with Crippen molar-refractivity contribution >= 4 is 33.1 Å². The molecule has 26 heavy (non-hydrogen) atoms. The molecule has 8 heteroatoms. The SMILES string of the molecule is COc1ccccc1NC(=O)c1sc2nc(CN(C)C)[nH]c(=O)c2c1C. The molecule has 7 nitrogen and oxygen atoms in total. The van der Waals surface area contributed by atoms with E-state index in [-0.39, 0.29) is 11.5 Å². The van der Waals surface area contributed by atoms with Crippen LogP contribution in [0.3, 0.4) is 0 Å². The van der Waals surface area contributed by atoms with E-state index in [0.29, 0.717) is 44.5 Å². The normalized spacial score (nSPS) is 11.1. The maximum absolute atomic E-state index is 12.7. The number of nitrogens with zero attached hydrogens (tertiary/aromatic N) is 2. The van der Waals surface area contributed by atoms with Gasteiger partial charge in [-0.05, 0) is 38.7 Å². The van der Waals surface area contributed by atoms with Gasteiger partial charge in [-0.1, -0.05) is 12.1 Å². The van der Waals surface area contributed by atoms with E-state index in [1.165, 1.54) is 11.3 Å². The lowest BCUT2D eigenvalue weighted by Crippen LogP contribution is -2.18. The van der Waals surface area contributed by atoms with Gasteiger partial charge < -0.3 is 19.9 Å².